The molecule has 0 spiro atoms. The molecular weight excluding hydrogens is 516 g/mol. The van der Waals surface area contributed by atoms with Crippen LogP contribution in [-0.4, -0.2) is 128 Å². The Labute approximate surface area is 265 Å². The quantitative estimate of drug-likeness (QED) is 0.0845. The summed E-state index contributed by atoms with van der Waals surface area (Å²) in [6.45, 7) is 32.7. The number of hydrogen-bond donors (Lipinski definition) is 0. The predicted molar refractivity (Wildman–Crippen MR) is 187 cm³/mol. The molecular formula is C36H78N6. The van der Waals surface area contributed by atoms with Crippen molar-refractivity contribution in [2.24, 2.45) is 0 Å². The summed E-state index contributed by atoms with van der Waals surface area (Å²) in [7, 11) is 0. The molecule has 1 aliphatic heterocycles. The highest BCUT2D eigenvalue weighted by atomic mass is 15.5. The highest BCUT2D eigenvalue weighted by molar-refractivity contribution is 4.73. The molecule has 0 aromatic heterocycles. The fourth-order valence-electron chi connectivity index (χ4n) is 6.26. The second-order valence-electron chi connectivity index (χ2n) is 13.3. The van der Waals surface area contributed by atoms with Gasteiger partial charge in [0.25, 0.3) is 0 Å². The smallest absolute Gasteiger partial charge is 0.0530 e. The van der Waals surface area contributed by atoms with Gasteiger partial charge in [-0.2, -0.15) is 0 Å². The minimum atomic E-state index is 1.16. The maximum absolute atomic E-state index is 2.76. The number of unbranched alkanes of at least 4 members (excludes halogenated alkanes) is 6. The lowest BCUT2D eigenvalue weighted by atomic mass is 10.2. The minimum absolute atomic E-state index is 1.16. The average Bonchev–Trinajstić information content (AvgIpc) is 3.00. The first-order chi connectivity index (χ1) is 20.6. The average molecular weight is 595 g/mol. The van der Waals surface area contributed by atoms with Gasteiger partial charge < -0.3 is 14.7 Å². The number of rotatable bonds is 30. The highest BCUT2D eigenvalue weighted by Gasteiger charge is 2.23. The summed E-state index contributed by atoms with van der Waals surface area (Å²) in [6.07, 6.45) is 19.8. The van der Waals surface area contributed by atoms with Crippen LogP contribution in [0.4, 0.5) is 0 Å². The molecule has 0 aromatic rings. The Bertz CT molecular complexity index is 455. The lowest BCUT2D eigenvalue weighted by molar-refractivity contribution is -0.0330. The van der Waals surface area contributed by atoms with Crippen molar-refractivity contribution < 1.29 is 0 Å². The second kappa shape index (κ2) is 28.2. The molecule has 0 aromatic carbocycles. The van der Waals surface area contributed by atoms with E-state index in [1.165, 1.54) is 175 Å². The van der Waals surface area contributed by atoms with Gasteiger partial charge in [-0.25, -0.2) is 0 Å². The van der Waals surface area contributed by atoms with Gasteiger partial charge in [-0.3, -0.25) is 14.7 Å². The Kier molecular flexibility index (Phi) is 26.8. The molecule has 0 radical (unpaired) electrons. The molecule has 0 unspecified atom stereocenters. The van der Waals surface area contributed by atoms with Crippen molar-refractivity contribution in [3.05, 3.63) is 0 Å². The summed E-state index contributed by atoms with van der Waals surface area (Å²) in [6, 6.07) is 0. The third-order valence-electron chi connectivity index (χ3n) is 9.01. The van der Waals surface area contributed by atoms with E-state index >= 15 is 0 Å². The van der Waals surface area contributed by atoms with Gasteiger partial charge in [0.05, 0.1) is 20.0 Å². The first kappa shape index (κ1) is 39.8. The maximum Gasteiger partial charge on any atom is 0.0530 e. The van der Waals surface area contributed by atoms with Crippen LogP contribution in [0.2, 0.25) is 0 Å². The van der Waals surface area contributed by atoms with E-state index in [0.717, 1.165) is 20.0 Å². The van der Waals surface area contributed by atoms with Crippen LogP contribution >= 0.6 is 0 Å². The van der Waals surface area contributed by atoms with Gasteiger partial charge in [-0.15, -0.1) is 0 Å². The lowest BCUT2D eigenvalue weighted by Crippen LogP contribution is -2.55. The van der Waals surface area contributed by atoms with E-state index in [2.05, 4.69) is 70.9 Å². The topological polar surface area (TPSA) is 19.4 Å². The summed E-state index contributed by atoms with van der Waals surface area (Å²) < 4.78 is 0. The fraction of sp³-hybridized carbons (Fsp3) is 1.00. The zero-order valence-electron chi connectivity index (χ0n) is 29.9. The molecule has 1 rings (SSSR count). The van der Waals surface area contributed by atoms with Gasteiger partial charge in [-0.05, 0) is 117 Å². The molecule has 6 heteroatoms. The lowest BCUT2D eigenvalue weighted by Gasteiger charge is -2.43. The molecule has 1 aliphatic rings. The third-order valence-corrected chi connectivity index (χ3v) is 9.01. The van der Waals surface area contributed by atoms with Gasteiger partial charge in [0.1, 0.15) is 0 Å². The Balaban J connectivity index is 2.68. The van der Waals surface area contributed by atoms with Crippen molar-refractivity contribution in [3.63, 3.8) is 0 Å². The summed E-state index contributed by atoms with van der Waals surface area (Å²) >= 11 is 0. The maximum atomic E-state index is 2.76. The zero-order chi connectivity index (χ0) is 30.7. The zero-order valence-corrected chi connectivity index (χ0v) is 29.9. The van der Waals surface area contributed by atoms with E-state index in [-0.39, 0.29) is 0 Å². The molecule has 1 saturated heterocycles. The highest BCUT2D eigenvalue weighted by Crippen LogP contribution is 2.12. The first-order valence-corrected chi connectivity index (χ1v) is 18.9. The van der Waals surface area contributed by atoms with Gasteiger partial charge in [0.15, 0.2) is 0 Å². The first-order valence-electron chi connectivity index (χ1n) is 18.9. The van der Waals surface area contributed by atoms with Crippen LogP contribution in [0, 0.1) is 0 Å². The Morgan fingerprint density at radius 1 is 0.310 bits per heavy atom. The van der Waals surface area contributed by atoms with Crippen LogP contribution in [0.25, 0.3) is 0 Å². The van der Waals surface area contributed by atoms with Crippen molar-refractivity contribution in [3.8, 4) is 0 Å². The number of hydrogen-bond acceptors (Lipinski definition) is 6. The largest absolute Gasteiger partial charge is 0.303 e. The molecule has 0 amide bonds. The van der Waals surface area contributed by atoms with Gasteiger partial charge in [-0.1, -0.05) is 80.1 Å². The van der Waals surface area contributed by atoms with Gasteiger partial charge >= 0.3 is 0 Å². The van der Waals surface area contributed by atoms with Crippen molar-refractivity contribution in [1.29, 1.82) is 0 Å². The van der Waals surface area contributed by atoms with Crippen molar-refractivity contribution in [2.75, 3.05) is 98.5 Å². The molecule has 6 nitrogen and oxygen atoms in total. The predicted octanol–water partition coefficient (Wildman–Crippen LogP) is 7.66. The Morgan fingerprint density at radius 3 is 0.690 bits per heavy atom. The SMILES string of the molecule is CCCCN(CCCC)CCCN1CN(CCCN(CCCC)CCCC)CN(CCCN(CCCC)CCCC)C1. The Hall–Kier alpha value is -0.240. The van der Waals surface area contributed by atoms with Gasteiger partial charge in [0.2, 0.25) is 0 Å². The van der Waals surface area contributed by atoms with Crippen molar-refractivity contribution >= 4 is 0 Å². The van der Waals surface area contributed by atoms with Crippen LogP contribution < -0.4 is 0 Å². The van der Waals surface area contributed by atoms with Crippen LogP contribution in [0.3, 0.4) is 0 Å². The molecule has 252 valence electrons. The second-order valence-corrected chi connectivity index (χ2v) is 13.3. The fourth-order valence-corrected chi connectivity index (χ4v) is 6.26. The summed E-state index contributed by atoms with van der Waals surface area (Å²) in [5.74, 6) is 0. The van der Waals surface area contributed by atoms with E-state index in [1.54, 1.807) is 0 Å². The van der Waals surface area contributed by atoms with E-state index in [0.29, 0.717) is 0 Å². The molecule has 1 heterocycles. The monoisotopic (exact) mass is 595 g/mol. The summed E-state index contributed by atoms with van der Waals surface area (Å²) in [5.41, 5.74) is 0. The van der Waals surface area contributed by atoms with E-state index < -0.39 is 0 Å². The van der Waals surface area contributed by atoms with Crippen LogP contribution in [0.5, 0.6) is 0 Å². The molecule has 0 saturated carbocycles. The van der Waals surface area contributed by atoms with Crippen LogP contribution in [0.15, 0.2) is 0 Å². The van der Waals surface area contributed by atoms with Crippen molar-refractivity contribution in [2.45, 2.75) is 138 Å². The van der Waals surface area contributed by atoms with E-state index in [4.69, 9.17) is 0 Å². The summed E-state index contributed by atoms with van der Waals surface area (Å²) in [4.78, 5) is 16.5. The molecule has 0 N–H and O–H groups in total. The normalized spacial score (nSPS) is 15.6. The van der Waals surface area contributed by atoms with E-state index in [9.17, 15) is 0 Å². The summed E-state index contributed by atoms with van der Waals surface area (Å²) in [5, 5.41) is 0. The van der Waals surface area contributed by atoms with Gasteiger partial charge in [0, 0.05) is 19.6 Å². The standard InChI is InChI=1S/C36H78N6/c1-7-13-22-37(23-14-8-2)28-19-31-40-34-41(32-20-29-38(24-15-9-3)25-16-10-4)36-42(35-40)33-21-30-39(26-17-11-5)27-18-12-6/h7-36H2,1-6H3. The molecule has 42 heavy (non-hydrogen) atoms. The van der Waals surface area contributed by atoms with Crippen LogP contribution in [-0.2, 0) is 0 Å². The molecule has 0 atom stereocenters. The number of nitrogens with zero attached hydrogens (tertiary/aromatic N) is 6. The minimum Gasteiger partial charge on any atom is -0.303 e. The molecule has 0 aliphatic carbocycles. The van der Waals surface area contributed by atoms with Crippen LogP contribution in [0.1, 0.15) is 138 Å². The molecule has 0 bridgehead atoms. The van der Waals surface area contributed by atoms with Crippen molar-refractivity contribution in [1.82, 2.24) is 29.4 Å². The Morgan fingerprint density at radius 2 is 0.500 bits per heavy atom. The van der Waals surface area contributed by atoms with E-state index in [1.807, 2.05) is 0 Å². The molecule has 1 fully saturated rings. The third kappa shape index (κ3) is 20.7.